The Morgan fingerprint density at radius 3 is 2.94 bits per heavy atom. The molecule has 3 atom stereocenters. The molecule has 0 spiro atoms. The minimum atomic E-state index is -0.908. The molecule has 2 N–H and O–H groups in total. The first-order valence-corrected chi connectivity index (χ1v) is 17.0. The number of aromatic nitrogens is 5. The normalized spacial score (nSPS) is 25.4. The number of ether oxygens (including phenoxy) is 2. The van der Waals surface area contributed by atoms with Crippen LogP contribution in [-0.2, 0) is 11.2 Å². The molecule has 3 saturated heterocycles. The number of carbonyl (C=O) groups is 1. The van der Waals surface area contributed by atoms with Crippen LogP contribution < -0.4 is 15.0 Å². The van der Waals surface area contributed by atoms with E-state index in [1.165, 1.54) is 0 Å². The zero-order valence-electron chi connectivity index (χ0n) is 26.0. The zero-order valence-corrected chi connectivity index (χ0v) is 26.8. The molecule has 11 nitrogen and oxygen atoms in total. The molecule has 4 aromatic rings. The lowest BCUT2D eigenvalue weighted by Gasteiger charge is -2.31. The summed E-state index contributed by atoms with van der Waals surface area (Å²) in [7, 11) is 0. The fraction of sp³-hybridized carbons (Fsp3) is 0.545. The van der Waals surface area contributed by atoms with E-state index in [-0.39, 0.29) is 36.5 Å². The van der Waals surface area contributed by atoms with Gasteiger partial charge < -0.3 is 19.7 Å². The van der Waals surface area contributed by atoms with Crippen LogP contribution in [0.1, 0.15) is 56.9 Å². The number of aromatic amines is 1. The molecule has 3 fully saturated rings. The molecule has 0 unspecified atom stereocenters. The van der Waals surface area contributed by atoms with Crippen LogP contribution in [0.15, 0.2) is 18.5 Å². The molecule has 5 aliphatic heterocycles. The van der Waals surface area contributed by atoms with E-state index in [9.17, 15) is 9.18 Å². The number of H-pyrrole nitrogens is 1. The van der Waals surface area contributed by atoms with Crippen molar-refractivity contribution in [2.75, 3.05) is 44.3 Å². The Balaban J connectivity index is 1.29. The van der Waals surface area contributed by atoms with Crippen LogP contribution in [0, 0.1) is 5.82 Å². The summed E-state index contributed by atoms with van der Waals surface area (Å²) in [5.74, 6) is -0.135. The standard InChI is InChI=1S/C33H37ClF2N8O3/c34-24-12-25-22(15-38-42-25)26-21(24)7-2-4-11-46-32(45)39-20-6-1-3-9-43(17-20)30-23-14-37-29(26)27(36)28(23)40-31(41-30)47-18-33-8-5-10-44(33)16-19(35)13-33/h12,14-15,19-20H,1-11,13,16-18H2,(H,38,42)(H,39,45)/t19-,20-,33+/m1/s1. The lowest BCUT2D eigenvalue weighted by Crippen LogP contribution is -2.44. The van der Waals surface area contributed by atoms with E-state index in [1.54, 1.807) is 18.5 Å². The van der Waals surface area contributed by atoms with Crippen molar-refractivity contribution in [2.45, 2.75) is 75.5 Å². The van der Waals surface area contributed by atoms with E-state index in [2.05, 4.69) is 25.4 Å². The number of hydrogen-bond acceptors (Lipinski definition) is 9. The number of alkyl carbamates (subject to hydrolysis) is 1. The number of nitrogens with one attached hydrogen (secondary N) is 2. The number of fused-ring (bicyclic) bond motifs is 9. The fourth-order valence-corrected chi connectivity index (χ4v) is 8.29. The number of alkyl halides is 1. The molecule has 47 heavy (non-hydrogen) atoms. The topological polar surface area (TPSA) is 121 Å². The Bertz CT molecular complexity index is 1840. The second-order valence-electron chi connectivity index (χ2n) is 13.3. The van der Waals surface area contributed by atoms with Crippen molar-refractivity contribution in [1.82, 2.24) is 35.4 Å². The third kappa shape index (κ3) is 5.60. The first-order valence-electron chi connectivity index (χ1n) is 16.6. The summed E-state index contributed by atoms with van der Waals surface area (Å²) >= 11 is 6.81. The lowest BCUT2D eigenvalue weighted by molar-refractivity contribution is 0.107. The van der Waals surface area contributed by atoms with E-state index >= 15 is 4.39 Å². The highest BCUT2D eigenvalue weighted by molar-refractivity contribution is 6.33. The van der Waals surface area contributed by atoms with Gasteiger partial charge in [-0.25, -0.2) is 13.6 Å². The van der Waals surface area contributed by atoms with Gasteiger partial charge >= 0.3 is 12.1 Å². The van der Waals surface area contributed by atoms with Gasteiger partial charge in [0.25, 0.3) is 0 Å². The number of carbonyl (C=O) groups excluding carboxylic acids is 1. The van der Waals surface area contributed by atoms with Crippen LogP contribution in [0.4, 0.5) is 19.4 Å². The largest absolute Gasteiger partial charge is 0.461 e. The highest BCUT2D eigenvalue weighted by Gasteiger charge is 2.49. The monoisotopic (exact) mass is 666 g/mol. The highest BCUT2D eigenvalue weighted by atomic mass is 35.5. The number of amides is 1. The Kier molecular flexibility index (Phi) is 7.99. The first kappa shape index (κ1) is 30.5. The van der Waals surface area contributed by atoms with E-state index in [0.29, 0.717) is 78.0 Å². The summed E-state index contributed by atoms with van der Waals surface area (Å²) < 4.78 is 43.5. The summed E-state index contributed by atoms with van der Waals surface area (Å²) in [5, 5.41) is 11.8. The number of hydrogen-bond donors (Lipinski definition) is 2. The van der Waals surface area contributed by atoms with Gasteiger partial charge in [0, 0.05) is 54.3 Å². The van der Waals surface area contributed by atoms with Crippen molar-refractivity contribution in [2.24, 2.45) is 0 Å². The zero-order chi connectivity index (χ0) is 32.1. The van der Waals surface area contributed by atoms with Crippen LogP contribution in [0.2, 0.25) is 5.02 Å². The van der Waals surface area contributed by atoms with Crippen LogP contribution in [0.3, 0.4) is 0 Å². The second-order valence-corrected chi connectivity index (χ2v) is 13.7. The third-order valence-corrected chi connectivity index (χ3v) is 10.6. The Morgan fingerprint density at radius 2 is 2.02 bits per heavy atom. The van der Waals surface area contributed by atoms with Crippen LogP contribution >= 0.6 is 11.6 Å². The fourth-order valence-electron chi connectivity index (χ4n) is 7.99. The molecule has 6 bridgehead atoms. The van der Waals surface area contributed by atoms with Gasteiger partial charge in [-0.3, -0.25) is 15.0 Å². The van der Waals surface area contributed by atoms with Gasteiger partial charge in [-0.15, -0.1) is 0 Å². The molecule has 0 aliphatic carbocycles. The van der Waals surface area contributed by atoms with Gasteiger partial charge in [-0.2, -0.15) is 15.1 Å². The molecular formula is C33H37ClF2N8O3. The Hall–Kier alpha value is -3.84. The van der Waals surface area contributed by atoms with Gasteiger partial charge in [0.05, 0.1) is 29.2 Å². The average Bonchev–Trinajstić information content (AvgIpc) is 3.69. The third-order valence-electron chi connectivity index (χ3n) is 10.3. The molecular weight excluding hydrogens is 630 g/mol. The summed E-state index contributed by atoms with van der Waals surface area (Å²) in [4.78, 5) is 31.2. The van der Waals surface area contributed by atoms with E-state index in [1.807, 2.05) is 4.90 Å². The molecule has 1 amide bonds. The molecule has 3 aromatic heterocycles. The van der Waals surface area contributed by atoms with E-state index in [0.717, 1.165) is 44.2 Å². The van der Waals surface area contributed by atoms with E-state index in [4.69, 9.17) is 31.0 Å². The summed E-state index contributed by atoms with van der Waals surface area (Å²) in [6, 6.07) is 1.61. The van der Waals surface area contributed by atoms with Crippen molar-refractivity contribution in [3.8, 4) is 17.3 Å². The number of rotatable bonds is 3. The van der Waals surface area contributed by atoms with Gasteiger partial charge in [-0.05, 0) is 69.5 Å². The van der Waals surface area contributed by atoms with Crippen molar-refractivity contribution < 1.29 is 23.0 Å². The molecule has 0 saturated carbocycles. The minimum absolute atomic E-state index is 0.0259. The predicted molar refractivity (Wildman–Crippen MR) is 173 cm³/mol. The van der Waals surface area contributed by atoms with Crippen LogP contribution in [0.5, 0.6) is 6.01 Å². The Morgan fingerprint density at radius 1 is 1.11 bits per heavy atom. The summed E-state index contributed by atoms with van der Waals surface area (Å²) in [5.41, 5.74) is 1.69. The Labute approximate surface area is 275 Å². The second kappa shape index (κ2) is 12.3. The maximum absolute atomic E-state index is 17.1. The number of benzene rings is 1. The molecule has 0 radical (unpaired) electrons. The molecule has 9 rings (SSSR count). The van der Waals surface area contributed by atoms with Crippen LogP contribution in [0.25, 0.3) is 33.1 Å². The lowest BCUT2D eigenvalue weighted by atomic mass is 9.95. The molecule has 5 aliphatic rings. The van der Waals surface area contributed by atoms with E-state index < -0.39 is 23.6 Å². The van der Waals surface area contributed by atoms with Crippen molar-refractivity contribution >= 4 is 45.3 Å². The van der Waals surface area contributed by atoms with Crippen molar-refractivity contribution in [3.05, 3.63) is 34.9 Å². The smallest absolute Gasteiger partial charge is 0.407 e. The van der Waals surface area contributed by atoms with Gasteiger partial charge in [0.15, 0.2) is 5.82 Å². The number of nitrogens with zero attached hydrogens (tertiary/aromatic N) is 6. The molecule has 1 aromatic carbocycles. The maximum Gasteiger partial charge on any atom is 0.407 e. The molecule has 248 valence electrons. The summed E-state index contributed by atoms with van der Waals surface area (Å²) in [6.07, 6.45) is 8.36. The van der Waals surface area contributed by atoms with Crippen molar-refractivity contribution in [3.63, 3.8) is 0 Å². The molecule has 14 heteroatoms. The SMILES string of the molecule is O=C1N[C@@H]2CCCCN(C2)c2nc(OC[C@@]34CCCN3C[C@H](F)C4)nc3c(F)c(ncc23)-c2c(c(Cl)cc3[nH]ncc23)CCCCO1. The highest BCUT2D eigenvalue weighted by Crippen LogP contribution is 2.42. The average molecular weight is 667 g/mol. The summed E-state index contributed by atoms with van der Waals surface area (Å²) in [6.45, 7) is 2.76. The quantitative estimate of drug-likeness (QED) is 0.282. The molecule has 8 heterocycles. The number of halogens is 3. The van der Waals surface area contributed by atoms with Gasteiger partial charge in [0.2, 0.25) is 0 Å². The number of pyridine rings is 1. The van der Waals surface area contributed by atoms with Crippen LogP contribution in [-0.4, -0.2) is 93.3 Å². The van der Waals surface area contributed by atoms with Gasteiger partial charge in [-0.1, -0.05) is 11.6 Å². The van der Waals surface area contributed by atoms with Crippen molar-refractivity contribution in [1.29, 1.82) is 0 Å². The van der Waals surface area contributed by atoms with Gasteiger partial charge in [0.1, 0.15) is 29.8 Å². The maximum atomic E-state index is 17.1. The minimum Gasteiger partial charge on any atom is -0.461 e. The predicted octanol–water partition coefficient (Wildman–Crippen LogP) is 5.74. The number of anilines is 1. The first-order chi connectivity index (χ1) is 22.9.